The summed E-state index contributed by atoms with van der Waals surface area (Å²) in [7, 11) is 0. The fraction of sp³-hybridized carbons (Fsp3) is 0. The fourth-order valence-corrected chi connectivity index (χ4v) is 9.22. The molecule has 0 atom stereocenters. The van der Waals surface area contributed by atoms with E-state index in [0.717, 1.165) is 100 Å². The summed E-state index contributed by atoms with van der Waals surface area (Å²) < 4.78 is 13.7. The van der Waals surface area contributed by atoms with E-state index < -0.39 is 0 Å². The third-order valence-electron chi connectivity index (χ3n) is 11.9. The highest BCUT2D eigenvalue weighted by molar-refractivity contribution is 6.12. The average Bonchev–Trinajstić information content (AvgIpc) is 3.31. The zero-order valence-corrected chi connectivity index (χ0v) is 32.9. The van der Waals surface area contributed by atoms with Gasteiger partial charge in [-0.25, -0.2) is 0 Å². The first-order valence-electron chi connectivity index (χ1n) is 20.3. The Morgan fingerprint density at radius 3 is 1.28 bits per heavy atom. The highest BCUT2D eigenvalue weighted by atomic mass is 16.5. The van der Waals surface area contributed by atoms with E-state index in [2.05, 4.69) is 201 Å². The Labute approximate surface area is 350 Å². The molecule has 282 valence electrons. The molecule has 0 N–H and O–H groups in total. The number of benzene rings is 9. The van der Waals surface area contributed by atoms with Gasteiger partial charge in [-0.3, -0.25) is 0 Å². The number of ether oxygens (including phenoxy) is 2. The number of para-hydroxylation sites is 2. The van der Waals surface area contributed by atoms with Crippen LogP contribution in [-0.2, 0) is 0 Å². The summed E-state index contributed by atoms with van der Waals surface area (Å²) in [5.41, 5.74) is 15.5. The summed E-state index contributed by atoms with van der Waals surface area (Å²) >= 11 is 0. The molecule has 60 heavy (non-hydrogen) atoms. The van der Waals surface area contributed by atoms with Crippen molar-refractivity contribution >= 4 is 32.7 Å². The van der Waals surface area contributed by atoms with Gasteiger partial charge in [0.1, 0.15) is 23.0 Å². The minimum Gasteiger partial charge on any atom is -0.455 e. The first-order chi connectivity index (χ1) is 29.7. The SMILES string of the molecule is C=C/C=C(/c1ccc(-c2ccc3c4c(cccc24)-c2cccc(/C(=C\C=C)c4ccccc4)c2O3)cc1)c1cccc2c1Oc1ccc(-c3ccccc3)c3cccc-2c13. The molecule has 2 aliphatic heterocycles. The van der Waals surface area contributed by atoms with Gasteiger partial charge in [0.25, 0.3) is 0 Å². The van der Waals surface area contributed by atoms with Crippen LogP contribution in [0.1, 0.15) is 22.3 Å². The van der Waals surface area contributed by atoms with Crippen molar-refractivity contribution in [2.75, 3.05) is 0 Å². The molecule has 0 fully saturated rings. The van der Waals surface area contributed by atoms with E-state index in [-0.39, 0.29) is 0 Å². The van der Waals surface area contributed by atoms with Crippen LogP contribution in [0.3, 0.4) is 0 Å². The third kappa shape index (κ3) is 5.65. The molecule has 0 saturated carbocycles. The Hall–Kier alpha value is -7.94. The second kappa shape index (κ2) is 14.5. The lowest BCUT2D eigenvalue weighted by atomic mass is 9.86. The standard InChI is InChI=1S/C58H38O2/c1-3-15-41(37-17-7-5-8-18-37)49-25-13-27-51-48-24-12-22-46-44(34-36-54(56(46)48)59-57(49)51)40-31-29-39(30-32-40)42(16-4-2)50-26-14-28-52-47-23-11-21-45-43(38-19-9-6-10-20-38)33-35-53(55(45)47)60-58(50)52/h3-36H,1-2H2/b41-15-,42-16-. The Balaban J connectivity index is 0.968. The molecule has 0 saturated heterocycles. The fourth-order valence-electron chi connectivity index (χ4n) is 9.22. The van der Waals surface area contributed by atoms with Gasteiger partial charge in [-0.2, -0.15) is 0 Å². The Bertz CT molecular complexity index is 3260. The number of hydrogen-bond donors (Lipinski definition) is 0. The van der Waals surface area contributed by atoms with Gasteiger partial charge in [-0.05, 0) is 78.6 Å². The number of allylic oxidation sites excluding steroid dienone is 4. The maximum absolute atomic E-state index is 6.89. The molecule has 2 aliphatic rings. The zero-order valence-electron chi connectivity index (χ0n) is 32.9. The van der Waals surface area contributed by atoms with Crippen molar-refractivity contribution in [1.82, 2.24) is 0 Å². The van der Waals surface area contributed by atoms with Gasteiger partial charge in [0.05, 0.1) is 0 Å². The summed E-state index contributed by atoms with van der Waals surface area (Å²) in [6, 6.07) is 64.4. The smallest absolute Gasteiger partial charge is 0.143 e. The summed E-state index contributed by atoms with van der Waals surface area (Å²) in [4.78, 5) is 0. The second-order valence-corrected chi connectivity index (χ2v) is 15.2. The predicted octanol–water partition coefficient (Wildman–Crippen LogP) is 16.1. The average molecular weight is 767 g/mol. The van der Waals surface area contributed by atoms with Crippen LogP contribution < -0.4 is 9.47 Å². The van der Waals surface area contributed by atoms with Crippen LogP contribution in [0.2, 0.25) is 0 Å². The summed E-state index contributed by atoms with van der Waals surface area (Å²) in [6.07, 6.45) is 7.85. The molecular formula is C58H38O2. The van der Waals surface area contributed by atoms with Gasteiger partial charge in [-0.15, -0.1) is 0 Å². The van der Waals surface area contributed by atoms with Crippen molar-refractivity contribution in [2.45, 2.75) is 0 Å². The lowest BCUT2D eigenvalue weighted by molar-refractivity contribution is 0.485. The number of fused-ring (bicyclic) bond motifs is 4. The van der Waals surface area contributed by atoms with Gasteiger partial charge >= 0.3 is 0 Å². The van der Waals surface area contributed by atoms with E-state index in [9.17, 15) is 0 Å². The van der Waals surface area contributed by atoms with E-state index in [1.54, 1.807) is 0 Å². The molecule has 0 spiro atoms. The van der Waals surface area contributed by atoms with Crippen LogP contribution in [0.5, 0.6) is 23.0 Å². The van der Waals surface area contributed by atoms with E-state index in [0.29, 0.717) is 0 Å². The molecule has 9 aromatic carbocycles. The molecule has 2 heterocycles. The monoisotopic (exact) mass is 766 g/mol. The van der Waals surface area contributed by atoms with Gasteiger partial charge in [0.15, 0.2) is 0 Å². The Morgan fingerprint density at radius 2 is 0.783 bits per heavy atom. The van der Waals surface area contributed by atoms with Crippen LogP contribution in [0, 0.1) is 0 Å². The molecule has 0 aliphatic carbocycles. The van der Waals surface area contributed by atoms with Crippen molar-refractivity contribution in [2.24, 2.45) is 0 Å². The van der Waals surface area contributed by atoms with Crippen molar-refractivity contribution in [3.8, 4) is 67.5 Å². The van der Waals surface area contributed by atoms with Crippen LogP contribution in [0.25, 0.3) is 77.2 Å². The van der Waals surface area contributed by atoms with Crippen molar-refractivity contribution in [1.29, 1.82) is 0 Å². The Kier molecular flexibility index (Phi) is 8.49. The molecule has 9 aromatic rings. The molecular weight excluding hydrogens is 729 g/mol. The van der Waals surface area contributed by atoms with Crippen molar-refractivity contribution < 1.29 is 9.47 Å². The summed E-state index contributed by atoms with van der Waals surface area (Å²) in [5.74, 6) is 3.43. The topological polar surface area (TPSA) is 18.5 Å². The second-order valence-electron chi connectivity index (χ2n) is 15.2. The normalized spacial score (nSPS) is 12.6. The lowest BCUT2D eigenvalue weighted by Crippen LogP contribution is -2.02. The highest BCUT2D eigenvalue weighted by Crippen LogP contribution is 2.53. The first kappa shape index (κ1) is 35.2. The molecule has 11 rings (SSSR count). The van der Waals surface area contributed by atoms with Gasteiger partial charge in [0.2, 0.25) is 0 Å². The number of rotatable bonds is 8. The summed E-state index contributed by atoms with van der Waals surface area (Å²) in [5, 5.41) is 4.58. The molecule has 0 unspecified atom stereocenters. The van der Waals surface area contributed by atoms with Crippen LogP contribution >= 0.6 is 0 Å². The minimum absolute atomic E-state index is 0.852. The van der Waals surface area contributed by atoms with Gasteiger partial charge in [-0.1, -0.05) is 207 Å². The molecule has 0 amide bonds. The third-order valence-corrected chi connectivity index (χ3v) is 11.9. The van der Waals surface area contributed by atoms with E-state index in [1.807, 2.05) is 18.2 Å². The Morgan fingerprint density at radius 1 is 0.350 bits per heavy atom. The first-order valence-corrected chi connectivity index (χ1v) is 20.3. The highest BCUT2D eigenvalue weighted by Gasteiger charge is 2.27. The zero-order chi connectivity index (χ0) is 40.2. The lowest BCUT2D eigenvalue weighted by Gasteiger charge is -2.26. The van der Waals surface area contributed by atoms with Gasteiger partial charge < -0.3 is 9.47 Å². The molecule has 2 nitrogen and oxygen atoms in total. The largest absolute Gasteiger partial charge is 0.455 e. The van der Waals surface area contributed by atoms with Crippen LogP contribution in [0.4, 0.5) is 0 Å². The van der Waals surface area contributed by atoms with E-state index in [4.69, 9.17) is 9.47 Å². The van der Waals surface area contributed by atoms with Crippen LogP contribution in [-0.4, -0.2) is 0 Å². The maximum atomic E-state index is 6.89. The minimum atomic E-state index is 0.852. The van der Waals surface area contributed by atoms with Crippen LogP contribution in [0.15, 0.2) is 219 Å². The maximum Gasteiger partial charge on any atom is 0.143 e. The molecule has 0 radical (unpaired) electrons. The van der Waals surface area contributed by atoms with Crippen molar-refractivity contribution in [3.63, 3.8) is 0 Å². The van der Waals surface area contributed by atoms with Gasteiger partial charge in [0, 0.05) is 33.0 Å². The van der Waals surface area contributed by atoms with E-state index in [1.165, 1.54) is 22.1 Å². The molecule has 0 bridgehead atoms. The number of hydrogen-bond acceptors (Lipinski definition) is 2. The van der Waals surface area contributed by atoms with Crippen molar-refractivity contribution in [3.05, 3.63) is 242 Å². The molecule has 2 heteroatoms. The van der Waals surface area contributed by atoms with E-state index >= 15 is 0 Å². The molecule has 0 aromatic heterocycles. The summed E-state index contributed by atoms with van der Waals surface area (Å²) in [6.45, 7) is 8.14. The predicted molar refractivity (Wildman–Crippen MR) is 251 cm³/mol. The quantitative estimate of drug-likeness (QED) is 0.143.